The number of nitrogens with zero attached hydrogens (tertiary/aromatic N) is 3. The lowest BCUT2D eigenvalue weighted by molar-refractivity contribution is 0.108. The van der Waals surface area contributed by atoms with Crippen LogP contribution in [0.2, 0.25) is 0 Å². The highest BCUT2D eigenvalue weighted by Crippen LogP contribution is 2.28. The Kier molecular flexibility index (Phi) is 3.25. The van der Waals surface area contributed by atoms with Gasteiger partial charge in [-0.1, -0.05) is 19.0 Å². The molecule has 2 rings (SSSR count). The Balaban J connectivity index is 1.94. The Morgan fingerprint density at radius 3 is 2.94 bits per heavy atom. The zero-order chi connectivity index (χ0) is 11.6. The molecule has 1 aromatic heterocycles. The molecule has 0 bridgehead atoms. The summed E-state index contributed by atoms with van der Waals surface area (Å²) in [5, 5.41) is 3.92. The second-order valence-electron chi connectivity index (χ2n) is 5.29. The van der Waals surface area contributed by atoms with Crippen LogP contribution in [0.4, 0.5) is 0 Å². The summed E-state index contributed by atoms with van der Waals surface area (Å²) in [7, 11) is 0. The van der Waals surface area contributed by atoms with Gasteiger partial charge in [0.15, 0.2) is 5.82 Å². The van der Waals surface area contributed by atoms with E-state index in [1.165, 1.54) is 12.8 Å². The number of piperidine rings is 1. The molecule has 0 radical (unpaired) electrons. The third-order valence-electron chi connectivity index (χ3n) is 3.03. The molecule has 2 heterocycles. The van der Waals surface area contributed by atoms with Gasteiger partial charge in [-0.25, -0.2) is 0 Å². The summed E-state index contributed by atoms with van der Waals surface area (Å²) in [6.07, 6.45) is 2.54. The first kappa shape index (κ1) is 11.5. The molecule has 5 nitrogen and oxygen atoms in total. The predicted molar refractivity (Wildman–Crippen MR) is 60.5 cm³/mol. The van der Waals surface area contributed by atoms with E-state index in [4.69, 9.17) is 10.3 Å². The lowest BCUT2D eigenvalue weighted by Gasteiger charge is -2.37. The SMILES string of the molecule is CC1(C)CCCN(Cc2noc(CN)n2)C1. The average molecular weight is 224 g/mol. The molecule has 16 heavy (non-hydrogen) atoms. The van der Waals surface area contributed by atoms with Gasteiger partial charge >= 0.3 is 0 Å². The Labute approximate surface area is 96.0 Å². The van der Waals surface area contributed by atoms with E-state index in [2.05, 4.69) is 28.9 Å². The van der Waals surface area contributed by atoms with Gasteiger partial charge in [-0.2, -0.15) is 4.98 Å². The van der Waals surface area contributed by atoms with Gasteiger partial charge in [-0.15, -0.1) is 0 Å². The maximum Gasteiger partial charge on any atom is 0.240 e. The van der Waals surface area contributed by atoms with Crippen molar-refractivity contribution in [2.24, 2.45) is 11.1 Å². The van der Waals surface area contributed by atoms with Crippen molar-refractivity contribution in [3.63, 3.8) is 0 Å². The van der Waals surface area contributed by atoms with Crippen LogP contribution >= 0.6 is 0 Å². The van der Waals surface area contributed by atoms with E-state index >= 15 is 0 Å². The summed E-state index contributed by atoms with van der Waals surface area (Å²) in [4.78, 5) is 6.61. The maximum atomic E-state index is 5.43. The average Bonchev–Trinajstić information content (AvgIpc) is 2.64. The molecule has 0 atom stereocenters. The van der Waals surface area contributed by atoms with Crippen LogP contribution in [0.5, 0.6) is 0 Å². The fourth-order valence-corrected chi connectivity index (χ4v) is 2.32. The largest absolute Gasteiger partial charge is 0.338 e. The Hall–Kier alpha value is -0.940. The van der Waals surface area contributed by atoms with Crippen LogP contribution < -0.4 is 5.73 Å². The van der Waals surface area contributed by atoms with Gasteiger partial charge < -0.3 is 10.3 Å². The third kappa shape index (κ3) is 2.80. The van der Waals surface area contributed by atoms with Gasteiger partial charge in [-0.3, -0.25) is 4.90 Å². The highest BCUT2D eigenvalue weighted by Gasteiger charge is 2.26. The second kappa shape index (κ2) is 4.51. The molecular weight excluding hydrogens is 204 g/mol. The predicted octanol–water partition coefficient (Wildman–Crippen LogP) is 1.15. The molecular formula is C11H20N4O. The molecule has 2 N–H and O–H groups in total. The van der Waals surface area contributed by atoms with Crippen LogP contribution in [0.15, 0.2) is 4.52 Å². The molecule has 1 saturated heterocycles. The van der Waals surface area contributed by atoms with E-state index in [0.29, 0.717) is 17.9 Å². The number of hydrogen-bond acceptors (Lipinski definition) is 5. The lowest BCUT2D eigenvalue weighted by atomic mass is 9.84. The van der Waals surface area contributed by atoms with Gasteiger partial charge in [0.1, 0.15) is 0 Å². The van der Waals surface area contributed by atoms with Crippen molar-refractivity contribution in [3.05, 3.63) is 11.7 Å². The summed E-state index contributed by atoms with van der Waals surface area (Å²) in [6, 6.07) is 0. The highest BCUT2D eigenvalue weighted by atomic mass is 16.5. The zero-order valence-electron chi connectivity index (χ0n) is 10.1. The highest BCUT2D eigenvalue weighted by molar-refractivity contribution is 4.88. The summed E-state index contributed by atoms with van der Waals surface area (Å²) < 4.78 is 4.99. The fourth-order valence-electron chi connectivity index (χ4n) is 2.32. The first-order valence-corrected chi connectivity index (χ1v) is 5.83. The van der Waals surface area contributed by atoms with Crippen LogP contribution in [-0.4, -0.2) is 28.1 Å². The molecule has 1 aliphatic rings. The topological polar surface area (TPSA) is 68.2 Å². The van der Waals surface area contributed by atoms with Crippen LogP contribution in [0.25, 0.3) is 0 Å². The maximum absolute atomic E-state index is 5.43. The summed E-state index contributed by atoms with van der Waals surface area (Å²) in [5.41, 5.74) is 5.83. The fraction of sp³-hybridized carbons (Fsp3) is 0.818. The van der Waals surface area contributed by atoms with Gasteiger partial charge in [0.2, 0.25) is 5.89 Å². The van der Waals surface area contributed by atoms with Gasteiger partial charge in [0.05, 0.1) is 13.1 Å². The Bertz CT molecular complexity index is 348. The molecule has 0 aliphatic carbocycles. The van der Waals surface area contributed by atoms with Crippen molar-refractivity contribution in [1.82, 2.24) is 15.0 Å². The molecule has 0 spiro atoms. The van der Waals surface area contributed by atoms with Crippen LogP contribution in [0, 0.1) is 5.41 Å². The minimum atomic E-state index is 0.318. The minimum absolute atomic E-state index is 0.318. The van der Waals surface area contributed by atoms with E-state index in [0.717, 1.165) is 25.5 Å². The lowest BCUT2D eigenvalue weighted by Crippen LogP contribution is -2.39. The van der Waals surface area contributed by atoms with Gasteiger partial charge in [0, 0.05) is 6.54 Å². The van der Waals surface area contributed by atoms with E-state index in [1.54, 1.807) is 0 Å². The number of nitrogens with two attached hydrogens (primary N) is 1. The van der Waals surface area contributed by atoms with Crippen LogP contribution in [0.1, 0.15) is 38.4 Å². The third-order valence-corrected chi connectivity index (χ3v) is 3.03. The quantitative estimate of drug-likeness (QED) is 0.834. The number of likely N-dealkylation sites (tertiary alicyclic amines) is 1. The number of rotatable bonds is 3. The van der Waals surface area contributed by atoms with Crippen molar-refractivity contribution in [3.8, 4) is 0 Å². The molecule has 0 saturated carbocycles. The summed E-state index contributed by atoms with van der Waals surface area (Å²) >= 11 is 0. The Morgan fingerprint density at radius 1 is 1.50 bits per heavy atom. The molecule has 1 fully saturated rings. The van der Waals surface area contributed by atoms with E-state index in [1.807, 2.05) is 0 Å². The monoisotopic (exact) mass is 224 g/mol. The normalized spacial score (nSPS) is 21.2. The van der Waals surface area contributed by atoms with Crippen LogP contribution in [0.3, 0.4) is 0 Å². The molecule has 0 unspecified atom stereocenters. The van der Waals surface area contributed by atoms with Gasteiger partial charge in [-0.05, 0) is 24.8 Å². The summed E-state index contributed by atoms with van der Waals surface area (Å²) in [5.74, 6) is 1.27. The first-order valence-electron chi connectivity index (χ1n) is 5.83. The van der Waals surface area contributed by atoms with Crippen molar-refractivity contribution in [2.45, 2.75) is 39.8 Å². The second-order valence-corrected chi connectivity index (χ2v) is 5.29. The van der Waals surface area contributed by atoms with E-state index < -0.39 is 0 Å². The van der Waals surface area contributed by atoms with Crippen molar-refractivity contribution in [1.29, 1.82) is 0 Å². The Morgan fingerprint density at radius 2 is 2.31 bits per heavy atom. The van der Waals surface area contributed by atoms with E-state index in [9.17, 15) is 0 Å². The minimum Gasteiger partial charge on any atom is -0.338 e. The van der Waals surface area contributed by atoms with Crippen molar-refractivity contribution >= 4 is 0 Å². The number of aromatic nitrogens is 2. The van der Waals surface area contributed by atoms with Crippen LogP contribution in [-0.2, 0) is 13.1 Å². The smallest absolute Gasteiger partial charge is 0.240 e. The molecule has 5 heteroatoms. The first-order chi connectivity index (χ1) is 7.59. The van der Waals surface area contributed by atoms with Crippen molar-refractivity contribution < 1.29 is 4.52 Å². The molecule has 0 amide bonds. The molecule has 1 aromatic rings. The number of hydrogen-bond donors (Lipinski definition) is 1. The standard InChI is InChI=1S/C11H20N4O/c1-11(2)4-3-5-15(8-11)7-9-13-10(6-12)16-14-9/h3-8,12H2,1-2H3. The van der Waals surface area contributed by atoms with E-state index in [-0.39, 0.29) is 0 Å². The van der Waals surface area contributed by atoms with Crippen molar-refractivity contribution in [2.75, 3.05) is 13.1 Å². The summed E-state index contributed by atoms with van der Waals surface area (Å²) in [6.45, 7) is 7.92. The van der Waals surface area contributed by atoms with Gasteiger partial charge in [0.25, 0.3) is 0 Å². The zero-order valence-corrected chi connectivity index (χ0v) is 10.1. The molecule has 0 aromatic carbocycles. The molecule has 1 aliphatic heterocycles. The molecule has 90 valence electrons.